The van der Waals surface area contributed by atoms with Crippen molar-refractivity contribution in [3.63, 3.8) is 0 Å². The van der Waals surface area contributed by atoms with Crippen LogP contribution in [0.2, 0.25) is 0 Å². The van der Waals surface area contributed by atoms with Gasteiger partial charge in [0.25, 0.3) is 0 Å². The summed E-state index contributed by atoms with van der Waals surface area (Å²) >= 11 is 0. The molecule has 0 aromatic heterocycles. The normalized spacial score (nSPS) is 18.9. The van der Waals surface area contributed by atoms with E-state index < -0.39 is 12.3 Å². The number of benzene rings is 2. The molecular weight excluding hydrogens is 344 g/mol. The molecule has 3 rings (SSSR count). The van der Waals surface area contributed by atoms with Crippen molar-refractivity contribution in [2.75, 3.05) is 0 Å². The first-order valence-corrected chi connectivity index (χ1v) is 8.57. The van der Waals surface area contributed by atoms with Gasteiger partial charge in [-0.3, -0.25) is 0 Å². The molecule has 27 heavy (non-hydrogen) atoms. The summed E-state index contributed by atoms with van der Waals surface area (Å²) in [7, 11) is 0. The number of aliphatic carboxylic acids is 1. The SMILES string of the molecule is C#Cc1ccc([C@H]2C=C(C(=O)O)O[C@@H](OCc3ccc(CO)cc3)C2)cc1. The van der Waals surface area contributed by atoms with Gasteiger partial charge in [-0.1, -0.05) is 42.3 Å². The van der Waals surface area contributed by atoms with Gasteiger partial charge < -0.3 is 19.7 Å². The van der Waals surface area contributed by atoms with Gasteiger partial charge in [0.1, 0.15) is 0 Å². The Bertz CT molecular complexity index is 859. The van der Waals surface area contributed by atoms with E-state index in [1.165, 1.54) is 0 Å². The van der Waals surface area contributed by atoms with Gasteiger partial charge in [-0.15, -0.1) is 6.42 Å². The lowest BCUT2D eigenvalue weighted by atomic mass is 9.92. The van der Waals surface area contributed by atoms with E-state index in [0.717, 1.165) is 22.3 Å². The first-order valence-electron chi connectivity index (χ1n) is 8.57. The number of terminal acetylenes is 1. The Balaban J connectivity index is 1.71. The van der Waals surface area contributed by atoms with Gasteiger partial charge in [-0.2, -0.15) is 0 Å². The lowest BCUT2D eigenvalue weighted by Crippen LogP contribution is -2.26. The van der Waals surface area contributed by atoms with Crippen LogP contribution in [0.5, 0.6) is 0 Å². The van der Waals surface area contributed by atoms with E-state index in [4.69, 9.17) is 21.0 Å². The molecule has 1 heterocycles. The molecule has 5 nitrogen and oxygen atoms in total. The molecule has 1 aliphatic heterocycles. The number of carboxylic acid groups (broad SMARTS) is 1. The number of allylic oxidation sites excluding steroid dienone is 1. The second kappa shape index (κ2) is 8.54. The highest BCUT2D eigenvalue weighted by Crippen LogP contribution is 2.32. The van der Waals surface area contributed by atoms with Crippen LogP contribution in [0.15, 0.2) is 60.4 Å². The minimum absolute atomic E-state index is 0.0141. The molecule has 138 valence electrons. The molecule has 0 spiro atoms. The zero-order valence-corrected chi connectivity index (χ0v) is 14.7. The number of hydrogen-bond acceptors (Lipinski definition) is 4. The van der Waals surface area contributed by atoms with Crippen LogP contribution in [-0.4, -0.2) is 22.5 Å². The molecule has 0 unspecified atom stereocenters. The highest BCUT2D eigenvalue weighted by Gasteiger charge is 2.28. The monoisotopic (exact) mass is 364 g/mol. The third-order valence-corrected chi connectivity index (χ3v) is 4.42. The second-order valence-corrected chi connectivity index (χ2v) is 6.28. The standard InChI is InChI=1S/C22H20O5/c1-2-15-7-9-18(10-8-15)19-11-20(22(24)25)27-21(12-19)26-14-17-5-3-16(13-23)4-6-17/h1,3-11,19,21,23H,12-14H2,(H,24,25)/t19-,21+/m0/s1. The summed E-state index contributed by atoms with van der Waals surface area (Å²) in [6.07, 6.45) is 6.81. The van der Waals surface area contributed by atoms with Crippen molar-refractivity contribution in [1.82, 2.24) is 0 Å². The summed E-state index contributed by atoms with van der Waals surface area (Å²) in [6, 6.07) is 14.8. The van der Waals surface area contributed by atoms with Crippen LogP contribution in [0.1, 0.15) is 34.6 Å². The molecule has 0 amide bonds. The molecule has 1 aliphatic rings. The molecule has 0 saturated carbocycles. The molecule has 2 atom stereocenters. The van der Waals surface area contributed by atoms with Crippen LogP contribution >= 0.6 is 0 Å². The average Bonchev–Trinajstić information content (AvgIpc) is 2.72. The van der Waals surface area contributed by atoms with Crippen molar-refractivity contribution in [2.24, 2.45) is 0 Å². The lowest BCUT2D eigenvalue weighted by molar-refractivity contribution is -0.159. The number of carboxylic acids is 1. The minimum atomic E-state index is -1.12. The van der Waals surface area contributed by atoms with Gasteiger partial charge in [-0.25, -0.2) is 4.79 Å². The maximum absolute atomic E-state index is 11.4. The molecule has 0 saturated heterocycles. The maximum atomic E-state index is 11.4. The van der Waals surface area contributed by atoms with Crippen molar-refractivity contribution < 1.29 is 24.5 Å². The Morgan fingerprint density at radius 3 is 2.41 bits per heavy atom. The quantitative estimate of drug-likeness (QED) is 0.770. The molecule has 0 radical (unpaired) electrons. The molecule has 0 aliphatic carbocycles. The molecule has 0 fully saturated rings. The summed E-state index contributed by atoms with van der Waals surface area (Å²) in [5, 5.41) is 18.4. The molecule has 0 bridgehead atoms. The third kappa shape index (κ3) is 4.76. The Morgan fingerprint density at radius 2 is 1.81 bits per heavy atom. The van der Waals surface area contributed by atoms with E-state index in [-0.39, 0.29) is 24.9 Å². The summed E-state index contributed by atoms with van der Waals surface area (Å²) < 4.78 is 11.3. The number of rotatable bonds is 6. The molecule has 5 heteroatoms. The van der Waals surface area contributed by atoms with Crippen molar-refractivity contribution in [1.29, 1.82) is 0 Å². The van der Waals surface area contributed by atoms with Crippen molar-refractivity contribution in [3.05, 3.63) is 82.6 Å². The van der Waals surface area contributed by atoms with Crippen molar-refractivity contribution in [3.8, 4) is 12.3 Å². The van der Waals surface area contributed by atoms with E-state index in [0.29, 0.717) is 6.42 Å². The minimum Gasteiger partial charge on any atom is -0.475 e. The van der Waals surface area contributed by atoms with E-state index >= 15 is 0 Å². The van der Waals surface area contributed by atoms with Gasteiger partial charge in [0.15, 0.2) is 0 Å². The smallest absolute Gasteiger partial charge is 0.370 e. The fourth-order valence-electron chi connectivity index (χ4n) is 2.90. The molecule has 2 aromatic rings. The van der Waals surface area contributed by atoms with Crippen molar-refractivity contribution >= 4 is 5.97 Å². The van der Waals surface area contributed by atoms with Gasteiger partial charge in [0.05, 0.1) is 13.2 Å². The van der Waals surface area contributed by atoms with Crippen LogP contribution in [0, 0.1) is 12.3 Å². The first-order chi connectivity index (χ1) is 13.1. The highest BCUT2D eigenvalue weighted by atomic mass is 16.7. The fraction of sp³-hybridized carbons (Fsp3) is 0.227. The van der Waals surface area contributed by atoms with Crippen LogP contribution in [-0.2, 0) is 27.5 Å². The van der Waals surface area contributed by atoms with E-state index in [9.17, 15) is 9.90 Å². The summed E-state index contributed by atoms with van der Waals surface area (Å²) in [5.74, 6) is 1.18. The summed E-state index contributed by atoms with van der Waals surface area (Å²) in [6.45, 7) is 0.270. The number of ether oxygens (including phenoxy) is 2. The van der Waals surface area contributed by atoms with Gasteiger partial charge in [0, 0.05) is 17.9 Å². The zero-order chi connectivity index (χ0) is 19.2. The third-order valence-electron chi connectivity index (χ3n) is 4.42. The summed E-state index contributed by atoms with van der Waals surface area (Å²) in [4.78, 5) is 11.4. The summed E-state index contributed by atoms with van der Waals surface area (Å²) in [5.41, 5.74) is 3.46. The fourth-order valence-corrected chi connectivity index (χ4v) is 2.90. The van der Waals surface area contributed by atoms with E-state index in [1.54, 1.807) is 6.08 Å². The average molecular weight is 364 g/mol. The van der Waals surface area contributed by atoms with Gasteiger partial charge in [-0.05, 0) is 34.9 Å². The lowest BCUT2D eigenvalue weighted by Gasteiger charge is -2.28. The Labute approximate surface area is 157 Å². The largest absolute Gasteiger partial charge is 0.475 e. The first kappa shape index (κ1) is 18.7. The number of carbonyl (C=O) groups is 1. The van der Waals surface area contributed by atoms with Crippen LogP contribution in [0.4, 0.5) is 0 Å². The number of aliphatic hydroxyl groups is 1. The topological polar surface area (TPSA) is 76.0 Å². The molecule has 2 N–H and O–H groups in total. The predicted octanol–water partition coefficient (Wildman–Crippen LogP) is 3.18. The Kier molecular flexibility index (Phi) is 5.92. The predicted molar refractivity (Wildman–Crippen MR) is 99.5 cm³/mol. The van der Waals surface area contributed by atoms with Gasteiger partial charge in [0.2, 0.25) is 12.0 Å². The maximum Gasteiger partial charge on any atom is 0.370 e. The van der Waals surface area contributed by atoms with Crippen LogP contribution < -0.4 is 0 Å². The highest BCUT2D eigenvalue weighted by molar-refractivity contribution is 5.84. The Hall–Kier alpha value is -3.07. The van der Waals surface area contributed by atoms with E-state index in [1.807, 2.05) is 48.5 Å². The molecular formula is C22H20O5. The molecule has 2 aromatic carbocycles. The van der Waals surface area contributed by atoms with Gasteiger partial charge >= 0.3 is 5.97 Å². The number of aliphatic hydroxyl groups excluding tert-OH is 1. The number of hydrogen-bond donors (Lipinski definition) is 2. The Morgan fingerprint density at radius 1 is 1.15 bits per heavy atom. The zero-order valence-electron chi connectivity index (χ0n) is 14.7. The van der Waals surface area contributed by atoms with Crippen LogP contribution in [0.3, 0.4) is 0 Å². The second-order valence-electron chi connectivity index (χ2n) is 6.28. The van der Waals surface area contributed by atoms with Crippen LogP contribution in [0.25, 0.3) is 0 Å². The van der Waals surface area contributed by atoms with Crippen molar-refractivity contribution in [2.45, 2.75) is 31.8 Å². The van der Waals surface area contributed by atoms with E-state index in [2.05, 4.69) is 5.92 Å².